The van der Waals surface area contributed by atoms with Gasteiger partial charge in [-0.25, -0.2) is 8.78 Å². The summed E-state index contributed by atoms with van der Waals surface area (Å²) in [5.41, 5.74) is 0.802. The summed E-state index contributed by atoms with van der Waals surface area (Å²) >= 11 is -1.55. The quantitative estimate of drug-likeness (QED) is 0.190. The minimum atomic E-state index is -1.55. The van der Waals surface area contributed by atoms with Crippen LogP contribution in [0.15, 0.2) is 35.6 Å². The van der Waals surface area contributed by atoms with Gasteiger partial charge in [0.25, 0.3) is 0 Å². The molecule has 200 valence electrons. The molecule has 0 N–H and O–H groups in total. The molecule has 0 aliphatic carbocycles. The molecule has 2 aromatic carbocycles. The number of nitrogens with zero attached hydrogens (tertiary/aromatic N) is 4. The lowest BCUT2D eigenvalue weighted by Gasteiger charge is -2.23. The summed E-state index contributed by atoms with van der Waals surface area (Å²) in [6.07, 6.45) is 4.15. The van der Waals surface area contributed by atoms with Crippen molar-refractivity contribution in [1.82, 2.24) is 15.0 Å². The van der Waals surface area contributed by atoms with Crippen molar-refractivity contribution in [2.75, 3.05) is 51.4 Å². The van der Waals surface area contributed by atoms with E-state index < -0.39 is 17.0 Å². The predicted octanol–water partition coefficient (Wildman–Crippen LogP) is 4.63. The minimum absolute atomic E-state index is 0.00109. The van der Waals surface area contributed by atoms with Gasteiger partial charge in [-0.2, -0.15) is 9.97 Å². The molecule has 1 atom stereocenters. The molecule has 3 heterocycles. The average molecular weight is 543 g/mol. The number of hydrogen-bond donors (Lipinski definition) is 0. The SMILES string of the molecule is CCc1c(F)ccc2cc(OCOC)cc(-c3ncc4c(N5CCCOCC5)nc([S+](C)[O-])nc4c3F)c12. The lowest BCUT2D eigenvalue weighted by Crippen LogP contribution is -2.28. The van der Waals surface area contributed by atoms with Crippen molar-refractivity contribution < 1.29 is 27.5 Å². The average Bonchev–Trinajstić information content (AvgIpc) is 3.21. The maximum absolute atomic E-state index is 16.4. The van der Waals surface area contributed by atoms with Gasteiger partial charge >= 0.3 is 5.16 Å². The van der Waals surface area contributed by atoms with E-state index in [1.54, 1.807) is 18.2 Å². The predicted molar refractivity (Wildman–Crippen MR) is 142 cm³/mol. The highest BCUT2D eigenvalue weighted by molar-refractivity contribution is 7.90. The summed E-state index contributed by atoms with van der Waals surface area (Å²) in [6, 6.07) is 6.41. The Morgan fingerprint density at radius 1 is 1.16 bits per heavy atom. The number of fused-ring (bicyclic) bond motifs is 2. The summed E-state index contributed by atoms with van der Waals surface area (Å²) in [6.45, 7) is 4.14. The number of aryl methyl sites for hydroxylation is 1. The van der Waals surface area contributed by atoms with Crippen LogP contribution in [0.1, 0.15) is 18.9 Å². The molecule has 0 spiro atoms. The molecule has 0 saturated carbocycles. The number of ether oxygens (including phenoxy) is 3. The third kappa shape index (κ3) is 4.98. The maximum atomic E-state index is 16.4. The van der Waals surface area contributed by atoms with E-state index in [9.17, 15) is 8.94 Å². The normalized spacial score (nSPS) is 15.2. The molecule has 11 heteroatoms. The van der Waals surface area contributed by atoms with Gasteiger partial charge in [-0.1, -0.05) is 13.0 Å². The van der Waals surface area contributed by atoms with Crippen LogP contribution < -0.4 is 9.64 Å². The van der Waals surface area contributed by atoms with E-state index in [1.165, 1.54) is 25.6 Å². The Balaban J connectivity index is 1.78. The van der Waals surface area contributed by atoms with Gasteiger partial charge in [0.05, 0.1) is 12.0 Å². The van der Waals surface area contributed by atoms with Crippen LogP contribution in [-0.2, 0) is 27.1 Å². The number of halogens is 2. The fourth-order valence-electron chi connectivity index (χ4n) is 4.77. The lowest BCUT2D eigenvalue weighted by atomic mass is 9.94. The molecule has 1 aliphatic rings. The highest BCUT2D eigenvalue weighted by Crippen LogP contribution is 2.39. The molecule has 1 aliphatic heterocycles. The van der Waals surface area contributed by atoms with Gasteiger partial charge in [0.1, 0.15) is 34.9 Å². The molecule has 38 heavy (non-hydrogen) atoms. The van der Waals surface area contributed by atoms with Crippen molar-refractivity contribution >= 4 is 38.7 Å². The summed E-state index contributed by atoms with van der Waals surface area (Å²) in [7, 11) is 1.50. The Labute approximate surface area is 222 Å². The smallest absolute Gasteiger partial charge is 0.345 e. The maximum Gasteiger partial charge on any atom is 0.345 e. The van der Waals surface area contributed by atoms with Crippen molar-refractivity contribution in [3.63, 3.8) is 0 Å². The molecule has 1 fully saturated rings. The van der Waals surface area contributed by atoms with E-state index in [2.05, 4.69) is 15.0 Å². The molecule has 5 rings (SSSR count). The molecule has 8 nitrogen and oxygen atoms in total. The second-order valence-electron chi connectivity index (χ2n) is 8.92. The van der Waals surface area contributed by atoms with E-state index in [1.807, 2.05) is 11.8 Å². The van der Waals surface area contributed by atoms with Crippen molar-refractivity contribution in [2.45, 2.75) is 24.9 Å². The summed E-state index contributed by atoms with van der Waals surface area (Å²) in [5, 5.41) is 1.65. The number of rotatable bonds is 7. The zero-order chi connectivity index (χ0) is 26.8. The molecule has 2 aromatic heterocycles. The molecule has 0 radical (unpaired) electrons. The Bertz CT molecular complexity index is 1480. The molecule has 1 saturated heterocycles. The first-order valence-electron chi connectivity index (χ1n) is 12.3. The van der Waals surface area contributed by atoms with Crippen LogP contribution in [0.4, 0.5) is 14.6 Å². The van der Waals surface area contributed by atoms with Gasteiger partial charge in [-0.15, -0.1) is 0 Å². The topological polar surface area (TPSA) is 92.7 Å². The zero-order valence-electron chi connectivity index (χ0n) is 21.4. The first-order chi connectivity index (χ1) is 18.4. The van der Waals surface area contributed by atoms with Crippen molar-refractivity contribution in [3.8, 4) is 17.0 Å². The second kappa shape index (κ2) is 11.3. The molecular formula is C27H28F2N4O4S. The van der Waals surface area contributed by atoms with Gasteiger partial charge in [0.2, 0.25) is 0 Å². The Kier molecular flexibility index (Phi) is 7.89. The summed E-state index contributed by atoms with van der Waals surface area (Å²) in [5.74, 6) is -0.205. The fraction of sp³-hybridized carbons (Fsp3) is 0.370. The molecule has 4 aromatic rings. The minimum Gasteiger partial charge on any atom is -0.609 e. The molecule has 0 bridgehead atoms. The fourth-order valence-corrected chi connectivity index (χ4v) is 5.20. The standard InChI is InChI=1S/C27H28F2N4O4S/c1-4-18-21(28)7-6-16-12-17(37-15-35-2)13-19(22(16)18)24-23(29)25-20(14-30-24)26(32-27(31-25)38(3)34)33-8-5-10-36-11-9-33/h6-7,12-14H,4-5,8-11,15H2,1-3H3. The third-order valence-corrected chi connectivity index (χ3v) is 7.21. The number of aromatic nitrogens is 3. The number of hydrogen-bond acceptors (Lipinski definition) is 8. The Morgan fingerprint density at radius 3 is 2.76 bits per heavy atom. The van der Waals surface area contributed by atoms with E-state index >= 15 is 4.39 Å². The monoisotopic (exact) mass is 542 g/mol. The number of methoxy groups -OCH3 is 1. The molecule has 0 amide bonds. The van der Waals surface area contributed by atoms with Gasteiger partial charge in [0, 0.05) is 49.7 Å². The van der Waals surface area contributed by atoms with E-state index in [0.29, 0.717) is 71.6 Å². The number of pyridine rings is 1. The van der Waals surface area contributed by atoms with E-state index in [0.717, 1.165) is 6.42 Å². The van der Waals surface area contributed by atoms with Gasteiger partial charge in [-0.3, -0.25) is 4.98 Å². The van der Waals surface area contributed by atoms with Crippen LogP contribution in [-0.4, -0.2) is 66.0 Å². The van der Waals surface area contributed by atoms with Crippen molar-refractivity contribution in [3.05, 3.63) is 47.7 Å². The van der Waals surface area contributed by atoms with Crippen LogP contribution in [0.2, 0.25) is 0 Å². The van der Waals surface area contributed by atoms with Crippen LogP contribution in [0.25, 0.3) is 32.9 Å². The summed E-state index contributed by atoms with van der Waals surface area (Å²) < 4.78 is 60.0. The van der Waals surface area contributed by atoms with Crippen molar-refractivity contribution in [2.24, 2.45) is 0 Å². The number of anilines is 1. The zero-order valence-corrected chi connectivity index (χ0v) is 22.2. The van der Waals surface area contributed by atoms with Crippen LogP contribution in [0.5, 0.6) is 5.75 Å². The lowest BCUT2D eigenvalue weighted by molar-refractivity contribution is 0.0512. The van der Waals surface area contributed by atoms with E-state index in [4.69, 9.17) is 14.2 Å². The first-order valence-corrected chi connectivity index (χ1v) is 13.9. The van der Waals surface area contributed by atoms with Gasteiger partial charge < -0.3 is 23.7 Å². The highest BCUT2D eigenvalue weighted by Gasteiger charge is 2.25. The van der Waals surface area contributed by atoms with Gasteiger partial charge in [0.15, 0.2) is 12.6 Å². The van der Waals surface area contributed by atoms with Crippen LogP contribution >= 0.6 is 0 Å². The Hall–Kier alpha value is -3.12. The second-order valence-corrected chi connectivity index (χ2v) is 10.2. The largest absolute Gasteiger partial charge is 0.609 e. The summed E-state index contributed by atoms with van der Waals surface area (Å²) in [4.78, 5) is 15.3. The molecular weight excluding hydrogens is 514 g/mol. The Morgan fingerprint density at radius 2 is 2.00 bits per heavy atom. The van der Waals surface area contributed by atoms with Crippen molar-refractivity contribution in [1.29, 1.82) is 0 Å². The highest BCUT2D eigenvalue weighted by atomic mass is 32.2. The van der Waals surface area contributed by atoms with E-state index in [-0.39, 0.29) is 29.0 Å². The van der Waals surface area contributed by atoms with Crippen LogP contribution in [0, 0.1) is 11.6 Å². The van der Waals surface area contributed by atoms with Gasteiger partial charge in [-0.05, 0) is 47.4 Å². The number of benzene rings is 2. The third-order valence-electron chi connectivity index (χ3n) is 6.52. The first kappa shape index (κ1) is 26.5. The molecule has 1 unspecified atom stereocenters. The van der Waals surface area contributed by atoms with Crippen LogP contribution in [0.3, 0.4) is 0 Å².